The van der Waals surface area contributed by atoms with Crippen molar-refractivity contribution >= 4 is 34.6 Å². The highest BCUT2D eigenvalue weighted by atomic mass is 19.1. The van der Waals surface area contributed by atoms with E-state index in [0.29, 0.717) is 11.4 Å². The third-order valence-corrected chi connectivity index (χ3v) is 3.21. The van der Waals surface area contributed by atoms with Crippen molar-refractivity contribution in [2.24, 2.45) is 0 Å². The van der Waals surface area contributed by atoms with E-state index >= 15 is 0 Å². The first kappa shape index (κ1) is 16.1. The van der Waals surface area contributed by atoms with Gasteiger partial charge in [0.05, 0.1) is 4.92 Å². The molecular formula is C16H13FN6O2. The Bertz CT molecular complexity index is 920. The van der Waals surface area contributed by atoms with Crippen LogP contribution in [0.15, 0.2) is 54.6 Å². The molecule has 4 N–H and O–H groups in total. The molecule has 0 aliphatic heterocycles. The number of benzene rings is 2. The van der Waals surface area contributed by atoms with Crippen LogP contribution in [0.25, 0.3) is 0 Å². The summed E-state index contributed by atoms with van der Waals surface area (Å²) in [5.74, 6) is -0.857. The molecule has 0 unspecified atom stereocenters. The molecule has 126 valence electrons. The van der Waals surface area contributed by atoms with Gasteiger partial charge in [0.1, 0.15) is 5.82 Å². The average molecular weight is 340 g/mol. The van der Waals surface area contributed by atoms with E-state index in [1.54, 1.807) is 18.2 Å². The molecule has 0 spiro atoms. The average Bonchev–Trinajstić information content (AvgIpc) is 2.55. The van der Waals surface area contributed by atoms with E-state index in [9.17, 15) is 14.5 Å². The standard InChI is InChI=1S/C16H13FN6O2/c17-10-5-4-8-12(9-10)19-15-13(23(24)25)14(18)21-16(22-15)20-11-6-2-1-3-7-11/h1-9H,(H4,18,19,20,21,22). The summed E-state index contributed by atoms with van der Waals surface area (Å²) < 4.78 is 13.3. The molecule has 3 rings (SSSR count). The Morgan fingerprint density at radius 3 is 2.40 bits per heavy atom. The number of para-hydroxylation sites is 1. The van der Waals surface area contributed by atoms with E-state index in [2.05, 4.69) is 20.6 Å². The van der Waals surface area contributed by atoms with Gasteiger partial charge in [-0.15, -0.1) is 0 Å². The molecule has 0 fully saturated rings. The summed E-state index contributed by atoms with van der Waals surface area (Å²) in [4.78, 5) is 18.6. The maximum atomic E-state index is 13.3. The number of nitrogens with one attached hydrogen (secondary N) is 2. The van der Waals surface area contributed by atoms with Crippen LogP contribution in [0.5, 0.6) is 0 Å². The van der Waals surface area contributed by atoms with Crippen molar-refractivity contribution < 1.29 is 9.31 Å². The predicted molar refractivity (Wildman–Crippen MR) is 92.5 cm³/mol. The summed E-state index contributed by atoms with van der Waals surface area (Å²) in [5, 5.41) is 16.9. The van der Waals surface area contributed by atoms with Crippen LogP contribution < -0.4 is 16.4 Å². The number of nitrogens with two attached hydrogens (primary N) is 1. The second-order valence-corrected chi connectivity index (χ2v) is 5.01. The van der Waals surface area contributed by atoms with Crippen LogP contribution in [-0.4, -0.2) is 14.9 Å². The number of rotatable bonds is 5. The van der Waals surface area contributed by atoms with Crippen LogP contribution in [0, 0.1) is 15.9 Å². The van der Waals surface area contributed by atoms with Gasteiger partial charge in [-0.2, -0.15) is 9.97 Å². The zero-order chi connectivity index (χ0) is 17.8. The van der Waals surface area contributed by atoms with E-state index in [-0.39, 0.29) is 17.6 Å². The number of halogens is 1. The summed E-state index contributed by atoms with van der Waals surface area (Å²) >= 11 is 0. The van der Waals surface area contributed by atoms with Gasteiger partial charge in [-0.1, -0.05) is 24.3 Å². The summed E-state index contributed by atoms with van der Waals surface area (Å²) in [6.45, 7) is 0. The maximum Gasteiger partial charge on any atom is 0.353 e. The molecule has 0 saturated heterocycles. The molecule has 0 saturated carbocycles. The summed E-state index contributed by atoms with van der Waals surface area (Å²) in [7, 11) is 0. The number of hydrogen-bond acceptors (Lipinski definition) is 7. The molecule has 1 aromatic heterocycles. The largest absolute Gasteiger partial charge is 0.378 e. The fraction of sp³-hybridized carbons (Fsp3) is 0. The first-order valence-electron chi connectivity index (χ1n) is 7.19. The smallest absolute Gasteiger partial charge is 0.353 e. The van der Waals surface area contributed by atoms with E-state index in [1.807, 2.05) is 18.2 Å². The second-order valence-electron chi connectivity index (χ2n) is 5.01. The first-order chi connectivity index (χ1) is 12.0. The third-order valence-electron chi connectivity index (χ3n) is 3.21. The number of anilines is 5. The molecule has 1 heterocycles. The van der Waals surface area contributed by atoms with Gasteiger partial charge in [0.15, 0.2) is 0 Å². The van der Waals surface area contributed by atoms with Gasteiger partial charge in [-0.3, -0.25) is 10.1 Å². The van der Waals surface area contributed by atoms with Crippen molar-refractivity contribution in [1.29, 1.82) is 0 Å². The van der Waals surface area contributed by atoms with Gasteiger partial charge in [0.2, 0.25) is 17.6 Å². The lowest BCUT2D eigenvalue weighted by Crippen LogP contribution is -2.08. The second kappa shape index (κ2) is 6.79. The zero-order valence-corrected chi connectivity index (χ0v) is 12.8. The lowest BCUT2D eigenvalue weighted by molar-refractivity contribution is -0.383. The number of nitrogens with zero attached hydrogens (tertiary/aromatic N) is 3. The molecule has 0 atom stereocenters. The van der Waals surface area contributed by atoms with Gasteiger partial charge in [-0.25, -0.2) is 4.39 Å². The predicted octanol–water partition coefficient (Wildman–Crippen LogP) is 3.59. The molecule has 0 aliphatic rings. The van der Waals surface area contributed by atoms with E-state index in [4.69, 9.17) is 5.73 Å². The molecular weight excluding hydrogens is 327 g/mol. The van der Waals surface area contributed by atoms with Crippen LogP contribution in [0.3, 0.4) is 0 Å². The Morgan fingerprint density at radius 1 is 1.00 bits per heavy atom. The number of hydrogen-bond donors (Lipinski definition) is 3. The molecule has 2 aromatic carbocycles. The molecule has 25 heavy (non-hydrogen) atoms. The Labute approximate surface area is 141 Å². The summed E-state index contributed by atoms with van der Waals surface area (Å²) in [6, 6.07) is 14.5. The van der Waals surface area contributed by atoms with Crippen LogP contribution in [-0.2, 0) is 0 Å². The minimum atomic E-state index is -0.691. The minimum Gasteiger partial charge on any atom is -0.378 e. The maximum absolute atomic E-state index is 13.3. The Balaban J connectivity index is 2.00. The Morgan fingerprint density at radius 2 is 1.72 bits per heavy atom. The van der Waals surface area contributed by atoms with Crippen LogP contribution in [0.1, 0.15) is 0 Å². The fourth-order valence-electron chi connectivity index (χ4n) is 2.15. The van der Waals surface area contributed by atoms with Crippen molar-refractivity contribution in [1.82, 2.24) is 9.97 Å². The lowest BCUT2D eigenvalue weighted by Gasteiger charge is -2.10. The fourth-order valence-corrected chi connectivity index (χ4v) is 2.15. The van der Waals surface area contributed by atoms with Crippen molar-refractivity contribution in [3.63, 3.8) is 0 Å². The molecule has 0 radical (unpaired) electrons. The van der Waals surface area contributed by atoms with E-state index in [1.165, 1.54) is 18.2 Å². The molecule has 8 nitrogen and oxygen atoms in total. The lowest BCUT2D eigenvalue weighted by atomic mass is 10.3. The highest BCUT2D eigenvalue weighted by Crippen LogP contribution is 2.32. The molecule has 9 heteroatoms. The van der Waals surface area contributed by atoms with Gasteiger partial charge >= 0.3 is 5.69 Å². The molecule has 0 aliphatic carbocycles. The number of nitrogen functional groups attached to an aromatic ring is 1. The van der Waals surface area contributed by atoms with Gasteiger partial charge in [0.25, 0.3) is 0 Å². The Kier molecular flexibility index (Phi) is 4.38. The van der Waals surface area contributed by atoms with Gasteiger partial charge in [0, 0.05) is 11.4 Å². The highest BCUT2D eigenvalue weighted by Gasteiger charge is 2.23. The van der Waals surface area contributed by atoms with Gasteiger partial charge < -0.3 is 16.4 Å². The molecule has 3 aromatic rings. The first-order valence-corrected chi connectivity index (χ1v) is 7.19. The topological polar surface area (TPSA) is 119 Å². The van der Waals surface area contributed by atoms with E-state index < -0.39 is 16.4 Å². The summed E-state index contributed by atoms with van der Waals surface area (Å²) in [6.07, 6.45) is 0. The van der Waals surface area contributed by atoms with Crippen molar-refractivity contribution in [2.45, 2.75) is 0 Å². The molecule has 0 amide bonds. The normalized spacial score (nSPS) is 10.3. The van der Waals surface area contributed by atoms with Crippen molar-refractivity contribution in [3.8, 4) is 0 Å². The van der Waals surface area contributed by atoms with Crippen molar-refractivity contribution in [2.75, 3.05) is 16.4 Å². The van der Waals surface area contributed by atoms with Crippen LogP contribution in [0.4, 0.5) is 39.0 Å². The van der Waals surface area contributed by atoms with Crippen LogP contribution >= 0.6 is 0 Å². The number of aromatic nitrogens is 2. The van der Waals surface area contributed by atoms with Gasteiger partial charge in [-0.05, 0) is 30.3 Å². The minimum absolute atomic E-state index is 0.0770. The Hall–Kier alpha value is -3.75. The quantitative estimate of drug-likeness (QED) is 0.479. The monoisotopic (exact) mass is 340 g/mol. The molecule has 0 bridgehead atoms. The highest BCUT2D eigenvalue weighted by molar-refractivity contribution is 5.75. The SMILES string of the molecule is Nc1nc(Nc2ccccc2)nc(Nc2cccc(F)c2)c1[N+](=O)[O-]. The van der Waals surface area contributed by atoms with Crippen molar-refractivity contribution in [3.05, 3.63) is 70.5 Å². The third kappa shape index (κ3) is 3.78. The summed E-state index contributed by atoms with van der Waals surface area (Å²) in [5.41, 5.74) is 6.22. The van der Waals surface area contributed by atoms with E-state index in [0.717, 1.165) is 0 Å². The number of nitro groups is 1. The zero-order valence-electron chi connectivity index (χ0n) is 12.8. The van der Waals surface area contributed by atoms with Crippen LogP contribution in [0.2, 0.25) is 0 Å².